The molecule has 2 rings (SSSR count). The summed E-state index contributed by atoms with van der Waals surface area (Å²) in [7, 11) is 0. The van der Waals surface area contributed by atoms with E-state index in [-0.39, 0.29) is 11.9 Å². The van der Waals surface area contributed by atoms with Gasteiger partial charge in [-0.1, -0.05) is 45.0 Å². The number of imide groups is 1. The molecule has 0 saturated carbocycles. The summed E-state index contributed by atoms with van der Waals surface area (Å²) >= 11 is 0. The number of aryl methyl sites for hydroxylation is 1. The Morgan fingerprint density at radius 2 is 2.14 bits per heavy atom. The van der Waals surface area contributed by atoms with Crippen molar-refractivity contribution in [3.05, 3.63) is 41.5 Å². The first-order chi connectivity index (χ1) is 10.4. The maximum Gasteiger partial charge on any atom is 0.328 e. The first-order valence-electron chi connectivity index (χ1n) is 7.85. The molecule has 1 heterocycles. The summed E-state index contributed by atoms with van der Waals surface area (Å²) in [5, 5.41) is 2.33. The lowest BCUT2D eigenvalue weighted by Gasteiger charge is -2.29. The Morgan fingerprint density at radius 1 is 1.41 bits per heavy atom. The number of hydrogen-bond acceptors (Lipinski definition) is 2. The minimum absolute atomic E-state index is 0.227. The standard InChI is InChI=1S/C18H24N2O2/c1-5-6-12(2)15-7-8-16(13(3)11-15)14(4)20-10-9-17(21)19-18(20)22/h7-8,11-12H,4-6,9-10H2,1-3H3,(H,19,21,22). The van der Waals surface area contributed by atoms with Gasteiger partial charge >= 0.3 is 6.03 Å². The number of hydrogen-bond donors (Lipinski definition) is 1. The molecule has 4 heteroatoms. The minimum Gasteiger partial charge on any atom is -0.294 e. The van der Waals surface area contributed by atoms with Gasteiger partial charge in [0.15, 0.2) is 0 Å². The molecule has 0 spiro atoms. The molecule has 118 valence electrons. The molecule has 0 aromatic heterocycles. The van der Waals surface area contributed by atoms with E-state index in [0.717, 1.165) is 24.0 Å². The first kappa shape index (κ1) is 16.3. The van der Waals surface area contributed by atoms with Gasteiger partial charge in [0.1, 0.15) is 0 Å². The van der Waals surface area contributed by atoms with Crippen molar-refractivity contribution in [2.75, 3.05) is 6.54 Å². The average molecular weight is 300 g/mol. The van der Waals surface area contributed by atoms with Crippen molar-refractivity contribution in [3.63, 3.8) is 0 Å². The zero-order valence-electron chi connectivity index (χ0n) is 13.6. The van der Waals surface area contributed by atoms with E-state index >= 15 is 0 Å². The van der Waals surface area contributed by atoms with Gasteiger partial charge in [-0.2, -0.15) is 0 Å². The van der Waals surface area contributed by atoms with Crippen LogP contribution in [0.1, 0.15) is 55.7 Å². The van der Waals surface area contributed by atoms with Crippen molar-refractivity contribution in [1.82, 2.24) is 10.2 Å². The third-order valence-electron chi connectivity index (χ3n) is 4.23. The molecular formula is C18H24N2O2. The summed E-state index contributed by atoms with van der Waals surface area (Å²) in [5.74, 6) is 0.302. The molecule has 1 fully saturated rings. The lowest BCUT2D eigenvalue weighted by atomic mass is 9.92. The Bertz CT molecular complexity index is 607. The van der Waals surface area contributed by atoms with Gasteiger partial charge in [-0.05, 0) is 30.4 Å². The predicted octanol–water partition coefficient (Wildman–Crippen LogP) is 3.81. The maximum absolute atomic E-state index is 11.9. The highest BCUT2D eigenvalue weighted by molar-refractivity contribution is 6.00. The number of carbonyl (C=O) groups excluding carboxylic acids is 2. The lowest BCUT2D eigenvalue weighted by molar-refractivity contribution is -0.121. The molecule has 1 aliphatic heterocycles. The summed E-state index contributed by atoms with van der Waals surface area (Å²) in [5.41, 5.74) is 4.03. The third-order valence-corrected chi connectivity index (χ3v) is 4.23. The highest BCUT2D eigenvalue weighted by Crippen LogP contribution is 2.27. The summed E-state index contributed by atoms with van der Waals surface area (Å²) in [6.45, 7) is 10.9. The van der Waals surface area contributed by atoms with Gasteiger partial charge in [0, 0.05) is 24.2 Å². The molecule has 4 nitrogen and oxygen atoms in total. The number of nitrogens with one attached hydrogen (secondary N) is 1. The molecule has 1 unspecified atom stereocenters. The third kappa shape index (κ3) is 3.38. The van der Waals surface area contributed by atoms with E-state index in [2.05, 4.69) is 37.9 Å². The quantitative estimate of drug-likeness (QED) is 0.899. The van der Waals surface area contributed by atoms with Crippen LogP contribution in [0.25, 0.3) is 5.70 Å². The molecule has 1 aromatic carbocycles. The van der Waals surface area contributed by atoms with Crippen molar-refractivity contribution in [3.8, 4) is 0 Å². The van der Waals surface area contributed by atoms with Gasteiger partial charge in [0.25, 0.3) is 0 Å². The van der Waals surface area contributed by atoms with Crippen LogP contribution >= 0.6 is 0 Å². The summed E-state index contributed by atoms with van der Waals surface area (Å²) in [6.07, 6.45) is 2.64. The van der Waals surface area contributed by atoms with Crippen molar-refractivity contribution in [2.45, 2.75) is 46.0 Å². The molecule has 0 radical (unpaired) electrons. The van der Waals surface area contributed by atoms with Crippen LogP contribution in [0.15, 0.2) is 24.8 Å². The zero-order valence-corrected chi connectivity index (χ0v) is 13.6. The molecule has 0 bridgehead atoms. The summed E-state index contributed by atoms with van der Waals surface area (Å²) < 4.78 is 0. The Labute approximate surface area is 132 Å². The van der Waals surface area contributed by atoms with E-state index in [0.29, 0.717) is 24.6 Å². The van der Waals surface area contributed by atoms with E-state index in [4.69, 9.17) is 0 Å². The number of urea groups is 1. The second kappa shape index (κ2) is 6.77. The molecule has 1 N–H and O–H groups in total. The fraction of sp³-hybridized carbons (Fsp3) is 0.444. The molecule has 1 saturated heterocycles. The van der Waals surface area contributed by atoms with E-state index in [1.54, 1.807) is 4.90 Å². The Balaban J connectivity index is 2.20. The van der Waals surface area contributed by atoms with E-state index in [1.807, 2.05) is 13.0 Å². The van der Waals surface area contributed by atoms with Crippen molar-refractivity contribution < 1.29 is 9.59 Å². The highest BCUT2D eigenvalue weighted by Gasteiger charge is 2.26. The molecule has 3 amide bonds. The van der Waals surface area contributed by atoms with Crippen LogP contribution in [0.5, 0.6) is 0 Å². The van der Waals surface area contributed by atoms with Crippen molar-refractivity contribution in [1.29, 1.82) is 0 Å². The zero-order chi connectivity index (χ0) is 16.3. The van der Waals surface area contributed by atoms with E-state index in [1.165, 1.54) is 5.56 Å². The largest absolute Gasteiger partial charge is 0.328 e. The average Bonchev–Trinajstić information content (AvgIpc) is 2.46. The van der Waals surface area contributed by atoms with Crippen LogP contribution in [0.4, 0.5) is 4.79 Å². The fourth-order valence-corrected chi connectivity index (χ4v) is 2.88. The van der Waals surface area contributed by atoms with Crippen molar-refractivity contribution >= 4 is 17.6 Å². The van der Waals surface area contributed by atoms with Crippen LogP contribution in [-0.4, -0.2) is 23.4 Å². The topological polar surface area (TPSA) is 49.4 Å². The Morgan fingerprint density at radius 3 is 2.73 bits per heavy atom. The van der Waals surface area contributed by atoms with Crippen LogP contribution in [0.3, 0.4) is 0 Å². The second-order valence-corrected chi connectivity index (χ2v) is 5.97. The predicted molar refractivity (Wildman–Crippen MR) is 88.4 cm³/mol. The van der Waals surface area contributed by atoms with Crippen LogP contribution in [-0.2, 0) is 4.79 Å². The van der Waals surface area contributed by atoms with Crippen LogP contribution in [0.2, 0.25) is 0 Å². The Kier molecular flexibility index (Phi) is 5.01. The molecule has 0 aliphatic carbocycles. The SMILES string of the molecule is C=C(c1ccc(C(C)CCC)cc1C)N1CCC(=O)NC1=O. The number of benzene rings is 1. The van der Waals surface area contributed by atoms with Gasteiger partial charge in [-0.3, -0.25) is 15.0 Å². The van der Waals surface area contributed by atoms with Gasteiger partial charge in [0.2, 0.25) is 5.91 Å². The van der Waals surface area contributed by atoms with Crippen LogP contribution < -0.4 is 5.32 Å². The first-order valence-corrected chi connectivity index (χ1v) is 7.85. The van der Waals surface area contributed by atoms with E-state index in [9.17, 15) is 9.59 Å². The van der Waals surface area contributed by atoms with Gasteiger partial charge in [-0.25, -0.2) is 4.79 Å². The lowest BCUT2D eigenvalue weighted by Crippen LogP contribution is -2.48. The second-order valence-electron chi connectivity index (χ2n) is 5.97. The summed E-state index contributed by atoms with van der Waals surface area (Å²) in [4.78, 5) is 24.7. The van der Waals surface area contributed by atoms with Gasteiger partial charge < -0.3 is 0 Å². The van der Waals surface area contributed by atoms with E-state index < -0.39 is 0 Å². The highest BCUT2D eigenvalue weighted by atomic mass is 16.2. The molecule has 22 heavy (non-hydrogen) atoms. The maximum atomic E-state index is 11.9. The molecule has 1 atom stereocenters. The van der Waals surface area contributed by atoms with Gasteiger partial charge in [-0.15, -0.1) is 0 Å². The normalized spacial score (nSPS) is 16.4. The number of rotatable bonds is 5. The smallest absolute Gasteiger partial charge is 0.294 e. The molecule has 1 aromatic rings. The molecule has 1 aliphatic rings. The van der Waals surface area contributed by atoms with Crippen molar-refractivity contribution in [2.24, 2.45) is 0 Å². The van der Waals surface area contributed by atoms with Crippen LogP contribution in [0, 0.1) is 6.92 Å². The van der Waals surface area contributed by atoms with Gasteiger partial charge in [0.05, 0.1) is 0 Å². The fourth-order valence-electron chi connectivity index (χ4n) is 2.88. The molecular weight excluding hydrogens is 276 g/mol. The number of amides is 3. The summed E-state index contributed by atoms with van der Waals surface area (Å²) in [6, 6.07) is 5.93. The number of carbonyl (C=O) groups is 2. The Hall–Kier alpha value is -2.10. The number of nitrogens with zero attached hydrogens (tertiary/aromatic N) is 1. The monoisotopic (exact) mass is 300 g/mol. The minimum atomic E-state index is -0.385.